The molecule has 0 atom stereocenters. The molecule has 2 amide bonds. The summed E-state index contributed by atoms with van der Waals surface area (Å²) < 4.78 is 7.07. The van der Waals surface area contributed by atoms with Gasteiger partial charge in [0, 0.05) is 12.2 Å². The number of nitrogens with zero attached hydrogens (tertiary/aromatic N) is 3. The van der Waals surface area contributed by atoms with Gasteiger partial charge in [0.1, 0.15) is 11.6 Å². The van der Waals surface area contributed by atoms with Crippen molar-refractivity contribution >= 4 is 35.0 Å². The predicted octanol–water partition coefficient (Wildman–Crippen LogP) is 4.26. The lowest BCUT2D eigenvalue weighted by atomic mass is 10.1. The Morgan fingerprint density at radius 2 is 1.91 bits per heavy atom. The largest absolute Gasteiger partial charge is 0.495 e. The van der Waals surface area contributed by atoms with Gasteiger partial charge in [0.15, 0.2) is 5.16 Å². The molecule has 0 aliphatic heterocycles. The van der Waals surface area contributed by atoms with Crippen molar-refractivity contribution in [2.45, 2.75) is 38.4 Å². The van der Waals surface area contributed by atoms with Crippen LogP contribution in [0.3, 0.4) is 0 Å². The second-order valence-corrected chi connectivity index (χ2v) is 8.47. The van der Waals surface area contributed by atoms with Crippen LogP contribution in [0.15, 0.2) is 60.3 Å². The zero-order valence-corrected chi connectivity index (χ0v) is 20.4. The summed E-state index contributed by atoms with van der Waals surface area (Å²) in [6, 6.07) is 13.2. The third-order valence-electron chi connectivity index (χ3n) is 5.14. The van der Waals surface area contributed by atoms with Gasteiger partial charge in [-0.05, 0) is 36.6 Å². The lowest BCUT2D eigenvalue weighted by Crippen LogP contribution is -2.19. The predicted molar refractivity (Wildman–Crippen MR) is 135 cm³/mol. The Kier molecular flexibility index (Phi) is 8.86. The Balaban J connectivity index is 1.66. The molecule has 0 aliphatic rings. The Bertz CT molecular complexity index is 1180. The molecule has 0 bridgehead atoms. The molecule has 3 rings (SSSR count). The number of para-hydroxylation sites is 3. The molecular weight excluding hydrogens is 450 g/mol. The normalized spacial score (nSPS) is 10.6. The number of hydrogen-bond acceptors (Lipinski definition) is 6. The minimum atomic E-state index is -0.247. The summed E-state index contributed by atoms with van der Waals surface area (Å²) in [4.78, 5) is 25.3. The maximum absolute atomic E-state index is 12.6. The molecule has 0 aliphatic carbocycles. The quantitative estimate of drug-likeness (QED) is 0.315. The van der Waals surface area contributed by atoms with E-state index in [1.54, 1.807) is 29.9 Å². The third-order valence-corrected chi connectivity index (χ3v) is 6.11. The van der Waals surface area contributed by atoms with Crippen LogP contribution in [0.2, 0.25) is 0 Å². The lowest BCUT2D eigenvalue weighted by Gasteiger charge is -2.13. The van der Waals surface area contributed by atoms with E-state index in [1.165, 1.54) is 11.8 Å². The van der Waals surface area contributed by atoms with Gasteiger partial charge >= 0.3 is 0 Å². The number of allylic oxidation sites excluding steroid dienone is 1. The number of aryl methyl sites for hydroxylation is 2. The van der Waals surface area contributed by atoms with E-state index in [0.29, 0.717) is 29.0 Å². The minimum Gasteiger partial charge on any atom is -0.495 e. The van der Waals surface area contributed by atoms with Gasteiger partial charge in [-0.3, -0.25) is 9.59 Å². The van der Waals surface area contributed by atoms with Crippen LogP contribution >= 0.6 is 11.8 Å². The average molecular weight is 480 g/mol. The van der Waals surface area contributed by atoms with E-state index in [4.69, 9.17) is 4.74 Å². The summed E-state index contributed by atoms with van der Waals surface area (Å²) in [5.41, 5.74) is 3.56. The number of carbonyl (C=O) groups is 2. The molecule has 1 heterocycles. The highest BCUT2D eigenvalue weighted by atomic mass is 32.2. The molecule has 2 N–H and O–H groups in total. The van der Waals surface area contributed by atoms with Crippen molar-refractivity contribution in [3.63, 3.8) is 0 Å². The monoisotopic (exact) mass is 479 g/mol. The van der Waals surface area contributed by atoms with Crippen molar-refractivity contribution in [2.75, 3.05) is 23.5 Å². The average Bonchev–Trinajstić information content (AvgIpc) is 3.20. The summed E-state index contributed by atoms with van der Waals surface area (Å²) in [5.74, 6) is 0.855. The zero-order valence-electron chi connectivity index (χ0n) is 19.6. The fourth-order valence-electron chi connectivity index (χ4n) is 3.46. The molecule has 3 aromatic rings. The number of hydrogen-bond donors (Lipinski definition) is 2. The van der Waals surface area contributed by atoms with E-state index in [-0.39, 0.29) is 24.0 Å². The maximum atomic E-state index is 12.6. The van der Waals surface area contributed by atoms with Crippen molar-refractivity contribution in [1.82, 2.24) is 14.8 Å². The second kappa shape index (κ2) is 12.0. The first kappa shape index (κ1) is 25.0. The molecule has 0 radical (unpaired) electrons. The van der Waals surface area contributed by atoms with Crippen LogP contribution in [-0.4, -0.2) is 39.4 Å². The van der Waals surface area contributed by atoms with E-state index in [0.717, 1.165) is 23.2 Å². The van der Waals surface area contributed by atoms with Gasteiger partial charge in [-0.2, -0.15) is 0 Å². The van der Waals surface area contributed by atoms with E-state index in [2.05, 4.69) is 34.3 Å². The van der Waals surface area contributed by atoms with Gasteiger partial charge in [0.25, 0.3) is 0 Å². The van der Waals surface area contributed by atoms with Gasteiger partial charge in [0.2, 0.25) is 11.8 Å². The molecule has 9 heteroatoms. The summed E-state index contributed by atoms with van der Waals surface area (Å²) >= 11 is 1.27. The minimum absolute atomic E-state index is 0.0225. The maximum Gasteiger partial charge on any atom is 0.234 e. The molecule has 0 saturated heterocycles. The summed E-state index contributed by atoms with van der Waals surface area (Å²) in [6.45, 7) is 8.24. The van der Waals surface area contributed by atoms with Crippen LogP contribution in [0, 0.1) is 6.92 Å². The van der Waals surface area contributed by atoms with Crippen molar-refractivity contribution < 1.29 is 14.3 Å². The number of aromatic nitrogens is 3. The third kappa shape index (κ3) is 6.26. The van der Waals surface area contributed by atoms with Gasteiger partial charge in [-0.1, -0.05) is 55.1 Å². The Hall–Kier alpha value is -3.59. The number of rotatable bonds is 11. The molecule has 1 aromatic heterocycles. The highest BCUT2D eigenvalue weighted by molar-refractivity contribution is 7.99. The zero-order chi connectivity index (χ0) is 24.5. The Labute approximate surface area is 203 Å². The number of nitrogens with one attached hydrogen (secondary N) is 2. The SMILES string of the molecule is C=CCn1c(CC(=O)Nc2ccccc2OC)nnc1SCC(=O)Nc1c(C)cccc1CC. The number of anilines is 2. The van der Waals surface area contributed by atoms with Crippen LogP contribution in [0.5, 0.6) is 5.75 Å². The molecular formula is C25H29N5O3S. The van der Waals surface area contributed by atoms with Crippen molar-refractivity contribution in [2.24, 2.45) is 0 Å². The van der Waals surface area contributed by atoms with E-state index in [1.807, 2.05) is 37.3 Å². The van der Waals surface area contributed by atoms with E-state index in [9.17, 15) is 9.59 Å². The number of benzene rings is 2. The van der Waals surface area contributed by atoms with Gasteiger partial charge in [-0.25, -0.2) is 0 Å². The highest BCUT2D eigenvalue weighted by Gasteiger charge is 2.18. The number of thioether (sulfide) groups is 1. The van der Waals surface area contributed by atoms with Crippen LogP contribution < -0.4 is 15.4 Å². The van der Waals surface area contributed by atoms with Crippen LogP contribution in [-0.2, 0) is 29.0 Å². The van der Waals surface area contributed by atoms with E-state index >= 15 is 0 Å². The lowest BCUT2D eigenvalue weighted by molar-refractivity contribution is -0.116. The van der Waals surface area contributed by atoms with Gasteiger partial charge in [0.05, 0.1) is 25.0 Å². The molecule has 0 spiro atoms. The topological polar surface area (TPSA) is 98.1 Å². The fraction of sp³-hybridized carbons (Fsp3) is 0.280. The standard InChI is InChI=1S/C25H29N5O3S/c1-5-14-30-21(15-22(31)26-19-12-7-8-13-20(19)33-4)28-29-25(30)34-16-23(32)27-24-17(3)10-9-11-18(24)6-2/h5,7-13H,1,6,14-16H2,2-4H3,(H,26,31)(H,27,32). The smallest absolute Gasteiger partial charge is 0.234 e. The van der Waals surface area contributed by atoms with Crippen LogP contribution in [0.25, 0.3) is 0 Å². The second-order valence-electron chi connectivity index (χ2n) is 7.52. The molecule has 34 heavy (non-hydrogen) atoms. The molecule has 178 valence electrons. The first-order valence-electron chi connectivity index (χ1n) is 10.9. The number of methoxy groups -OCH3 is 1. The first-order valence-corrected chi connectivity index (χ1v) is 11.9. The first-order chi connectivity index (χ1) is 16.5. The number of carbonyl (C=O) groups excluding carboxylic acids is 2. The van der Waals surface area contributed by atoms with Crippen molar-refractivity contribution in [3.05, 3.63) is 72.1 Å². The van der Waals surface area contributed by atoms with Crippen molar-refractivity contribution in [3.8, 4) is 5.75 Å². The summed E-state index contributed by atoms with van der Waals surface area (Å²) in [6.07, 6.45) is 2.56. The molecule has 0 saturated carbocycles. The highest BCUT2D eigenvalue weighted by Crippen LogP contribution is 2.24. The van der Waals surface area contributed by atoms with Gasteiger partial charge in [-0.15, -0.1) is 16.8 Å². The molecule has 0 fully saturated rings. The Morgan fingerprint density at radius 3 is 2.65 bits per heavy atom. The van der Waals surface area contributed by atoms with Crippen molar-refractivity contribution in [1.29, 1.82) is 0 Å². The molecule has 0 unspecified atom stereocenters. The number of ether oxygens (including phenoxy) is 1. The fourth-order valence-corrected chi connectivity index (χ4v) is 4.23. The van der Waals surface area contributed by atoms with Gasteiger partial charge < -0.3 is 19.9 Å². The summed E-state index contributed by atoms with van der Waals surface area (Å²) in [5, 5.41) is 14.8. The van der Waals surface area contributed by atoms with Crippen LogP contribution in [0.4, 0.5) is 11.4 Å². The van der Waals surface area contributed by atoms with Crippen LogP contribution in [0.1, 0.15) is 23.9 Å². The molecule has 2 aromatic carbocycles. The Morgan fingerprint density at radius 1 is 1.12 bits per heavy atom. The van der Waals surface area contributed by atoms with E-state index < -0.39 is 0 Å². The molecule has 8 nitrogen and oxygen atoms in total. The summed E-state index contributed by atoms with van der Waals surface area (Å²) in [7, 11) is 1.55. The number of amides is 2.